The summed E-state index contributed by atoms with van der Waals surface area (Å²) in [6.07, 6.45) is 0.127. The number of amides is 4. The number of fused-ring (bicyclic) bond motifs is 1. The van der Waals surface area contributed by atoms with Gasteiger partial charge in [0.15, 0.2) is 0 Å². The molecule has 1 aromatic rings. The predicted octanol–water partition coefficient (Wildman–Crippen LogP) is 0.535. The van der Waals surface area contributed by atoms with Gasteiger partial charge in [-0.3, -0.25) is 39.3 Å². The number of nitrogens with one attached hydrogen (secondary N) is 2. The maximum Gasteiger partial charge on any atom is 0.264 e. The molecule has 2 aliphatic heterocycles. The fourth-order valence-electron chi connectivity index (χ4n) is 4.50. The molecule has 1 saturated heterocycles. The molecule has 1 unspecified atom stereocenters. The summed E-state index contributed by atoms with van der Waals surface area (Å²) in [5, 5.41) is 11.3. The molecule has 0 bridgehead atoms. The van der Waals surface area contributed by atoms with Crippen LogP contribution in [0.5, 0.6) is 0 Å². The van der Waals surface area contributed by atoms with Gasteiger partial charge in [-0.15, -0.1) is 0 Å². The molecule has 0 aliphatic carbocycles. The highest BCUT2D eigenvalue weighted by molar-refractivity contribution is 6.25. The van der Waals surface area contributed by atoms with Crippen molar-refractivity contribution < 1.29 is 19.2 Å². The van der Waals surface area contributed by atoms with Gasteiger partial charge < -0.3 is 11.1 Å². The summed E-state index contributed by atoms with van der Waals surface area (Å²) >= 11 is 0. The maximum atomic E-state index is 13.1. The first-order valence-corrected chi connectivity index (χ1v) is 10.7. The van der Waals surface area contributed by atoms with Gasteiger partial charge in [-0.1, -0.05) is 19.9 Å². The number of imide groups is 2. The van der Waals surface area contributed by atoms with Crippen molar-refractivity contribution in [2.45, 2.75) is 38.8 Å². The number of hydrogen-bond acceptors (Lipinski definition) is 7. The van der Waals surface area contributed by atoms with Crippen molar-refractivity contribution in [3.05, 3.63) is 29.3 Å². The summed E-state index contributed by atoms with van der Waals surface area (Å²) in [4.78, 5) is 55.2. The zero-order chi connectivity index (χ0) is 23.7. The van der Waals surface area contributed by atoms with E-state index in [1.165, 1.54) is 12.1 Å². The number of nitrogens with zero attached hydrogens (tertiary/aromatic N) is 3. The van der Waals surface area contributed by atoms with E-state index in [2.05, 4.69) is 5.32 Å². The van der Waals surface area contributed by atoms with E-state index in [9.17, 15) is 19.2 Å². The van der Waals surface area contributed by atoms with Crippen LogP contribution in [0.4, 0.5) is 5.69 Å². The Morgan fingerprint density at radius 3 is 2.50 bits per heavy atom. The van der Waals surface area contributed by atoms with Crippen LogP contribution in [0.3, 0.4) is 0 Å². The van der Waals surface area contributed by atoms with Gasteiger partial charge >= 0.3 is 0 Å². The van der Waals surface area contributed by atoms with Gasteiger partial charge in [-0.2, -0.15) is 0 Å². The van der Waals surface area contributed by atoms with Gasteiger partial charge in [-0.05, 0) is 38.6 Å². The summed E-state index contributed by atoms with van der Waals surface area (Å²) < 4.78 is 0. The van der Waals surface area contributed by atoms with E-state index in [0.717, 1.165) is 9.80 Å². The van der Waals surface area contributed by atoms with Crippen LogP contribution in [0.1, 0.15) is 47.4 Å². The molecule has 3 rings (SSSR count). The number of likely N-dealkylation sites (N-methyl/N-ethyl adjacent to an activating group) is 1. The molecule has 4 N–H and O–H groups in total. The van der Waals surface area contributed by atoms with Crippen molar-refractivity contribution in [1.82, 2.24) is 20.0 Å². The number of nitrogens with two attached hydrogens (primary N) is 1. The first-order valence-electron chi connectivity index (χ1n) is 10.7. The molecule has 10 heteroatoms. The van der Waals surface area contributed by atoms with E-state index in [1.807, 2.05) is 32.8 Å². The number of anilines is 1. The second-order valence-electron chi connectivity index (χ2n) is 8.68. The third-order valence-corrected chi connectivity index (χ3v) is 5.91. The van der Waals surface area contributed by atoms with Crippen molar-refractivity contribution in [1.29, 1.82) is 5.41 Å². The maximum absolute atomic E-state index is 13.1. The zero-order valence-corrected chi connectivity index (χ0v) is 18.8. The van der Waals surface area contributed by atoms with Crippen LogP contribution in [-0.2, 0) is 9.59 Å². The topological polar surface area (TPSA) is 140 Å². The Balaban J connectivity index is 1.70. The van der Waals surface area contributed by atoms with Crippen molar-refractivity contribution in [2.75, 3.05) is 32.9 Å². The van der Waals surface area contributed by atoms with E-state index in [4.69, 9.17) is 11.1 Å². The minimum absolute atomic E-state index is 0.0418. The first-order chi connectivity index (χ1) is 15.1. The fraction of sp³-hybridized carbons (Fsp3) is 0.500. The van der Waals surface area contributed by atoms with Gasteiger partial charge in [0.2, 0.25) is 5.91 Å². The van der Waals surface area contributed by atoms with Crippen LogP contribution < -0.4 is 11.1 Å². The average molecular weight is 443 g/mol. The van der Waals surface area contributed by atoms with Crippen molar-refractivity contribution in [3.63, 3.8) is 0 Å². The number of benzene rings is 1. The molecule has 0 aromatic heterocycles. The molecule has 1 fully saturated rings. The first kappa shape index (κ1) is 23.4. The lowest BCUT2D eigenvalue weighted by Gasteiger charge is -2.35. The Labute approximate surface area is 187 Å². The monoisotopic (exact) mass is 442 g/mol. The van der Waals surface area contributed by atoms with E-state index in [0.29, 0.717) is 5.84 Å². The summed E-state index contributed by atoms with van der Waals surface area (Å²) in [6.45, 7) is 4.27. The van der Waals surface area contributed by atoms with Crippen LogP contribution in [0, 0.1) is 11.3 Å². The number of carbonyl (C=O) groups excluding carboxylic acids is 4. The molecule has 0 saturated carbocycles. The third kappa shape index (κ3) is 4.10. The molecule has 172 valence electrons. The molecule has 2 aliphatic rings. The Hall–Kier alpha value is -3.27. The van der Waals surface area contributed by atoms with Crippen LogP contribution in [0.2, 0.25) is 0 Å². The van der Waals surface area contributed by atoms with E-state index in [1.54, 1.807) is 6.07 Å². The lowest BCUT2D eigenvalue weighted by Crippen LogP contribution is -2.57. The molecule has 0 radical (unpaired) electrons. The van der Waals surface area contributed by atoms with Gasteiger partial charge in [-0.25, -0.2) is 0 Å². The smallest absolute Gasteiger partial charge is 0.264 e. The predicted molar refractivity (Wildman–Crippen MR) is 119 cm³/mol. The molecule has 32 heavy (non-hydrogen) atoms. The van der Waals surface area contributed by atoms with Crippen LogP contribution in [0.15, 0.2) is 18.2 Å². The van der Waals surface area contributed by atoms with Gasteiger partial charge in [0.1, 0.15) is 11.9 Å². The van der Waals surface area contributed by atoms with E-state index < -0.39 is 23.8 Å². The van der Waals surface area contributed by atoms with Crippen molar-refractivity contribution in [2.24, 2.45) is 5.92 Å². The molecule has 0 spiro atoms. The number of likely N-dealkylation sites (tertiary alicyclic amines) is 1. The van der Waals surface area contributed by atoms with Gasteiger partial charge in [0.25, 0.3) is 17.7 Å². The lowest BCUT2D eigenvalue weighted by atomic mass is 10.0. The molecule has 1 aromatic carbocycles. The standard InChI is InChI=1S/C22H30N6O4/c1-12(2)18(26(3)4)19(24)25-10-11-27-16(29)9-8-15(21(27)31)28-20(30)13-6-5-7-14(23)17(13)22(28)32/h5-7,12,15,18H,8-11,23H2,1-4H3,(H2,24,25)/t15?,18-/m0/s1. The number of rotatable bonds is 7. The van der Waals surface area contributed by atoms with Crippen LogP contribution >= 0.6 is 0 Å². The number of nitrogen functional groups attached to an aromatic ring is 1. The molecule has 2 heterocycles. The highest BCUT2D eigenvalue weighted by Gasteiger charge is 2.47. The largest absolute Gasteiger partial charge is 0.398 e. The highest BCUT2D eigenvalue weighted by Crippen LogP contribution is 2.31. The molecule has 4 amide bonds. The van der Waals surface area contributed by atoms with Crippen LogP contribution in [0.25, 0.3) is 0 Å². The SMILES string of the molecule is CC(C)[C@@H](C(=N)NCCN1C(=O)CCC(N2C(=O)c3cccc(N)c3C2=O)C1=O)N(C)C. The summed E-state index contributed by atoms with van der Waals surface area (Å²) in [7, 11) is 3.77. The number of piperidine rings is 1. The van der Waals surface area contributed by atoms with Gasteiger partial charge in [0.05, 0.1) is 17.2 Å². The second-order valence-corrected chi connectivity index (χ2v) is 8.68. The third-order valence-electron chi connectivity index (χ3n) is 5.91. The lowest BCUT2D eigenvalue weighted by molar-refractivity contribution is -0.151. The Morgan fingerprint density at radius 1 is 1.22 bits per heavy atom. The minimum Gasteiger partial charge on any atom is -0.398 e. The van der Waals surface area contributed by atoms with E-state index in [-0.39, 0.29) is 60.6 Å². The number of amidine groups is 1. The van der Waals surface area contributed by atoms with E-state index >= 15 is 0 Å². The average Bonchev–Trinajstić information content (AvgIpc) is 2.96. The minimum atomic E-state index is -1.05. The molecule has 2 atom stereocenters. The quantitative estimate of drug-likeness (QED) is 0.242. The Morgan fingerprint density at radius 2 is 1.91 bits per heavy atom. The van der Waals surface area contributed by atoms with Gasteiger partial charge in [0, 0.05) is 25.2 Å². The fourth-order valence-corrected chi connectivity index (χ4v) is 4.50. The Kier molecular flexibility index (Phi) is 6.63. The number of carbonyl (C=O) groups is 4. The van der Waals surface area contributed by atoms with Crippen LogP contribution in [-0.4, -0.2) is 83.4 Å². The second kappa shape index (κ2) is 9.07. The van der Waals surface area contributed by atoms with Crippen molar-refractivity contribution in [3.8, 4) is 0 Å². The Bertz CT molecular complexity index is 965. The zero-order valence-electron chi connectivity index (χ0n) is 18.8. The highest BCUT2D eigenvalue weighted by atomic mass is 16.2. The number of hydrogen-bond donors (Lipinski definition) is 3. The normalized spacial score (nSPS) is 19.8. The molecule has 10 nitrogen and oxygen atoms in total. The molecular formula is C22H30N6O4. The summed E-state index contributed by atoms with van der Waals surface area (Å²) in [6, 6.07) is 3.45. The summed E-state index contributed by atoms with van der Waals surface area (Å²) in [5.41, 5.74) is 6.34. The van der Waals surface area contributed by atoms with Crippen molar-refractivity contribution >= 4 is 35.2 Å². The summed E-state index contributed by atoms with van der Waals surface area (Å²) in [5.74, 6) is -1.63. The molecular weight excluding hydrogens is 412 g/mol.